The summed E-state index contributed by atoms with van der Waals surface area (Å²) >= 11 is 4.51. The highest BCUT2D eigenvalue weighted by Crippen LogP contribution is 2.02. The zero-order valence-electron chi connectivity index (χ0n) is 6.88. The summed E-state index contributed by atoms with van der Waals surface area (Å²) in [6, 6.07) is 0. The van der Waals surface area contributed by atoms with E-state index < -0.39 is 5.60 Å². The van der Waals surface area contributed by atoms with Crippen LogP contribution >= 0.6 is 12.2 Å². The van der Waals surface area contributed by atoms with Crippen molar-refractivity contribution in [1.82, 2.24) is 5.43 Å². The highest BCUT2D eigenvalue weighted by Gasteiger charge is 2.16. The molecule has 0 rings (SSSR count). The van der Waals surface area contributed by atoms with Crippen LogP contribution in [0.1, 0.15) is 20.8 Å². The highest BCUT2D eigenvalue weighted by molar-refractivity contribution is 7.80. The summed E-state index contributed by atoms with van der Waals surface area (Å²) in [5.74, 6) is 0. The number of hydrazone groups is 1. The Kier molecular flexibility index (Phi) is 3.41. The Morgan fingerprint density at radius 1 is 1.64 bits per heavy atom. The van der Waals surface area contributed by atoms with Crippen LogP contribution in [0.2, 0.25) is 0 Å². The Labute approximate surface area is 71.5 Å². The van der Waals surface area contributed by atoms with Gasteiger partial charge in [0.25, 0.3) is 0 Å². The molecule has 0 aromatic rings. The van der Waals surface area contributed by atoms with E-state index >= 15 is 0 Å². The number of hydrogen-bond donors (Lipinski definition) is 3. The summed E-state index contributed by atoms with van der Waals surface area (Å²) in [7, 11) is 0. The molecule has 0 heterocycles. The van der Waals surface area contributed by atoms with Crippen LogP contribution in [0.3, 0.4) is 0 Å². The number of thiocarbonyl (C=S) groups is 1. The van der Waals surface area contributed by atoms with Crippen molar-refractivity contribution in [3.8, 4) is 0 Å². The fourth-order valence-corrected chi connectivity index (χ4v) is 0.321. The summed E-state index contributed by atoms with van der Waals surface area (Å²) in [6.07, 6.45) is 0. The summed E-state index contributed by atoms with van der Waals surface area (Å²) in [5.41, 5.74) is 7.10. The largest absolute Gasteiger partial charge is 0.384 e. The molecule has 4 nitrogen and oxygen atoms in total. The van der Waals surface area contributed by atoms with Gasteiger partial charge in [-0.1, -0.05) is 0 Å². The van der Waals surface area contributed by atoms with E-state index in [1.807, 2.05) is 0 Å². The van der Waals surface area contributed by atoms with Gasteiger partial charge in [0.05, 0.1) is 11.3 Å². The first kappa shape index (κ1) is 10.3. The van der Waals surface area contributed by atoms with E-state index in [2.05, 4.69) is 22.7 Å². The lowest BCUT2D eigenvalue weighted by molar-refractivity contribution is 0.152. The molecule has 0 amide bonds. The lowest BCUT2D eigenvalue weighted by Gasteiger charge is -2.16. The first-order chi connectivity index (χ1) is 4.84. The van der Waals surface area contributed by atoms with E-state index in [0.29, 0.717) is 5.71 Å². The van der Waals surface area contributed by atoms with Gasteiger partial charge in [-0.05, 0) is 33.0 Å². The molecule has 0 aromatic heterocycles. The number of rotatable bonds is 2. The molecule has 0 saturated carbocycles. The van der Waals surface area contributed by atoms with Crippen molar-refractivity contribution >= 4 is 23.0 Å². The van der Waals surface area contributed by atoms with Gasteiger partial charge in [-0.15, -0.1) is 0 Å². The Morgan fingerprint density at radius 2 is 2.09 bits per heavy atom. The van der Waals surface area contributed by atoms with Crippen molar-refractivity contribution in [3.63, 3.8) is 0 Å². The first-order valence-electron chi connectivity index (χ1n) is 3.16. The topological polar surface area (TPSA) is 70.6 Å². The van der Waals surface area contributed by atoms with E-state index in [9.17, 15) is 5.11 Å². The fraction of sp³-hybridized carbons (Fsp3) is 0.667. The van der Waals surface area contributed by atoms with E-state index in [-0.39, 0.29) is 5.11 Å². The number of hydrogen-bond acceptors (Lipinski definition) is 3. The third-order valence-electron chi connectivity index (χ3n) is 1.22. The summed E-state index contributed by atoms with van der Waals surface area (Å²) in [6.45, 7) is 4.95. The molecule has 0 aliphatic rings. The first-order valence-corrected chi connectivity index (χ1v) is 3.57. The van der Waals surface area contributed by atoms with Crippen molar-refractivity contribution in [1.29, 1.82) is 0 Å². The molecule has 11 heavy (non-hydrogen) atoms. The predicted molar refractivity (Wildman–Crippen MR) is 49.3 cm³/mol. The Hall–Kier alpha value is -0.680. The molecule has 0 saturated heterocycles. The maximum absolute atomic E-state index is 9.34. The Morgan fingerprint density at radius 3 is 2.36 bits per heavy atom. The molecule has 0 unspecified atom stereocenters. The average Bonchev–Trinajstić information content (AvgIpc) is 1.80. The molecule has 64 valence electrons. The number of aliphatic hydroxyl groups is 1. The zero-order chi connectivity index (χ0) is 9.07. The lowest BCUT2D eigenvalue weighted by atomic mass is 10.1. The van der Waals surface area contributed by atoms with Crippen molar-refractivity contribution in [2.45, 2.75) is 26.4 Å². The zero-order valence-corrected chi connectivity index (χ0v) is 7.70. The third-order valence-corrected chi connectivity index (χ3v) is 1.31. The van der Waals surface area contributed by atoms with Gasteiger partial charge in [0, 0.05) is 0 Å². The minimum Gasteiger partial charge on any atom is -0.384 e. The normalized spacial score (nSPS) is 12.9. The Bertz CT molecular complexity index is 183. The Balaban J connectivity index is 4.12. The molecule has 0 bridgehead atoms. The van der Waals surface area contributed by atoms with Crippen molar-refractivity contribution in [2.75, 3.05) is 0 Å². The van der Waals surface area contributed by atoms with Gasteiger partial charge < -0.3 is 10.8 Å². The van der Waals surface area contributed by atoms with Gasteiger partial charge in [-0.2, -0.15) is 5.10 Å². The molecule has 4 N–H and O–H groups in total. The SMILES string of the molecule is C/C(=N\NC(N)=S)C(C)(C)O. The van der Waals surface area contributed by atoms with E-state index in [4.69, 9.17) is 5.73 Å². The number of nitrogens with zero attached hydrogens (tertiary/aromatic N) is 1. The molecule has 5 heteroatoms. The standard InChI is InChI=1S/C6H13N3OS/c1-4(6(2,3)10)8-9-5(7)11/h10H,1-3H3,(H3,7,9,11)/b8-4+. The van der Waals surface area contributed by atoms with Crippen LogP contribution in [0.15, 0.2) is 5.10 Å². The lowest BCUT2D eigenvalue weighted by Crippen LogP contribution is -2.33. The highest BCUT2D eigenvalue weighted by atomic mass is 32.1. The molecule has 0 spiro atoms. The second-order valence-electron chi connectivity index (χ2n) is 2.73. The molecule has 0 fully saturated rings. The van der Waals surface area contributed by atoms with Crippen molar-refractivity contribution in [2.24, 2.45) is 10.8 Å². The maximum Gasteiger partial charge on any atom is 0.184 e. The van der Waals surface area contributed by atoms with Crippen molar-refractivity contribution in [3.05, 3.63) is 0 Å². The van der Waals surface area contributed by atoms with Gasteiger partial charge in [-0.25, -0.2) is 0 Å². The molecule has 0 aromatic carbocycles. The van der Waals surface area contributed by atoms with Crippen LogP contribution in [0.5, 0.6) is 0 Å². The van der Waals surface area contributed by atoms with Crippen LogP contribution in [-0.4, -0.2) is 21.5 Å². The fourth-order valence-electron chi connectivity index (χ4n) is 0.276. The monoisotopic (exact) mass is 175 g/mol. The second kappa shape index (κ2) is 3.64. The van der Waals surface area contributed by atoms with Crippen LogP contribution < -0.4 is 11.2 Å². The predicted octanol–water partition coefficient (Wildman–Crippen LogP) is -0.0336. The van der Waals surface area contributed by atoms with Gasteiger partial charge >= 0.3 is 0 Å². The molecule has 0 atom stereocenters. The van der Waals surface area contributed by atoms with Gasteiger partial charge in [0.15, 0.2) is 5.11 Å². The minimum atomic E-state index is -0.933. The van der Waals surface area contributed by atoms with Crippen LogP contribution in [-0.2, 0) is 0 Å². The van der Waals surface area contributed by atoms with Gasteiger partial charge in [-0.3, -0.25) is 5.43 Å². The molecular formula is C6H13N3OS. The number of nitrogens with two attached hydrogens (primary N) is 1. The van der Waals surface area contributed by atoms with E-state index in [0.717, 1.165) is 0 Å². The summed E-state index contributed by atoms with van der Waals surface area (Å²) in [4.78, 5) is 0. The van der Waals surface area contributed by atoms with Crippen LogP contribution in [0.25, 0.3) is 0 Å². The maximum atomic E-state index is 9.34. The molecule has 0 aliphatic carbocycles. The quantitative estimate of drug-likeness (QED) is 0.313. The van der Waals surface area contributed by atoms with Gasteiger partial charge in [0.1, 0.15) is 0 Å². The molecular weight excluding hydrogens is 162 g/mol. The third kappa shape index (κ3) is 4.69. The van der Waals surface area contributed by atoms with Crippen LogP contribution in [0.4, 0.5) is 0 Å². The van der Waals surface area contributed by atoms with E-state index in [1.54, 1.807) is 20.8 Å². The van der Waals surface area contributed by atoms with Crippen LogP contribution in [0, 0.1) is 0 Å². The average molecular weight is 175 g/mol. The van der Waals surface area contributed by atoms with Crippen molar-refractivity contribution < 1.29 is 5.11 Å². The summed E-state index contributed by atoms with van der Waals surface area (Å²) in [5, 5.41) is 13.2. The van der Waals surface area contributed by atoms with E-state index in [1.165, 1.54) is 0 Å². The smallest absolute Gasteiger partial charge is 0.184 e. The molecule has 0 aliphatic heterocycles. The molecule has 0 radical (unpaired) electrons. The number of nitrogens with one attached hydrogen (secondary N) is 1. The summed E-state index contributed by atoms with van der Waals surface area (Å²) < 4.78 is 0. The van der Waals surface area contributed by atoms with Gasteiger partial charge in [0.2, 0.25) is 0 Å². The minimum absolute atomic E-state index is 0.0913. The second-order valence-corrected chi connectivity index (χ2v) is 3.17.